The topological polar surface area (TPSA) is 83.6 Å². The summed E-state index contributed by atoms with van der Waals surface area (Å²) < 4.78 is 0. The van der Waals surface area contributed by atoms with E-state index >= 15 is 0 Å². The third kappa shape index (κ3) is 4.73. The van der Waals surface area contributed by atoms with Crippen molar-refractivity contribution in [2.75, 3.05) is 13.6 Å². The number of rotatable bonds is 6. The van der Waals surface area contributed by atoms with Crippen molar-refractivity contribution in [3.8, 4) is 0 Å². The zero-order chi connectivity index (χ0) is 12.9. The molecule has 0 aliphatic heterocycles. The number of carbonyl (C=O) groups excluding carboxylic acids is 1. The number of carboxylic acids is 1. The molecule has 5 nitrogen and oxygen atoms in total. The van der Waals surface area contributed by atoms with Crippen LogP contribution in [0.5, 0.6) is 0 Å². The van der Waals surface area contributed by atoms with Gasteiger partial charge in [0.1, 0.15) is 0 Å². The average Bonchev–Trinajstić information content (AvgIpc) is 2.64. The van der Waals surface area contributed by atoms with Crippen LogP contribution in [-0.4, -0.2) is 41.0 Å². The van der Waals surface area contributed by atoms with Gasteiger partial charge in [0, 0.05) is 32.0 Å². The molecule has 0 radical (unpaired) electrons. The van der Waals surface area contributed by atoms with Crippen molar-refractivity contribution in [2.45, 2.75) is 50.5 Å². The predicted molar refractivity (Wildman–Crippen MR) is 64.5 cm³/mol. The predicted octanol–water partition coefficient (Wildman–Crippen LogP) is 0.971. The first-order valence-corrected chi connectivity index (χ1v) is 6.18. The van der Waals surface area contributed by atoms with E-state index in [1.54, 1.807) is 11.9 Å². The molecule has 1 aliphatic rings. The van der Waals surface area contributed by atoms with Crippen molar-refractivity contribution in [3.05, 3.63) is 0 Å². The lowest BCUT2D eigenvalue weighted by molar-refractivity contribution is -0.138. The van der Waals surface area contributed by atoms with Gasteiger partial charge < -0.3 is 15.7 Å². The Balaban J connectivity index is 2.28. The van der Waals surface area contributed by atoms with E-state index in [-0.39, 0.29) is 17.9 Å². The minimum atomic E-state index is -0.822. The highest BCUT2D eigenvalue weighted by Gasteiger charge is 2.32. The van der Waals surface area contributed by atoms with Gasteiger partial charge in [0.15, 0.2) is 0 Å². The van der Waals surface area contributed by atoms with E-state index in [1.807, 2.05) is 0 Å². The van der Waals surface area contributed by atoms with Crippen LogP contribution >= 0.6 is 0 Å². The van der Waals surface area contributed by atoms with Gasteiger partial charge in [0.25, 0.3) is 0 Å². The van der Waals surface area contributed by atoms with Crippen molar-refractivity contribution in [1.29, 1.82) is 0 Å². The molecule has 0 atom stereocenters. The molecule has 5 heteroatoms. The lowest BCUT2D eigenvalue weighted by atomic mass is 9.94. The summed E-state index contributed by atoms with van der Waals surface area (Å²) in [4.78, 5) is 23.8. The van der Waals surface area contributed by atoms with E-state index in [9.17, 15) is 9.59 Å². The van der Waals surface area contributed by atoms with Crippen molar-refractivity contribution >= 4 is 11.9 Å². The summed E-state index contributed by atoms with van der Waals surface area (Å²) in [6.45, 7) is 0.487. The lowest BCUT2D eigenvalue weighted by Gasteiger charge is -2.26. The number of carbonyl (C=O) groups is 2. The largest absolute Gasteiger partial charge is 0.481 e. The second kappa shape index (κ2) is 6.00. The molecular formula is C12H22N2O3. The number of carboxylic acid groups (broad SMARTS) is 1. The number of hydrogen-bond acceptors (Lipinski definition) is 3. The van der Waals surface area contributed by atoms with E-state index < -0.39 is 5.97 Å². The molecule has 0 aromatic carbocycles. The van der Waals surface area contributed by atoms with E-state index in [0.717, 1.165) is 25.7 Å². The van der Waals surface area contributed by atoms with Crippen LogP contribution < -0.4 is 5.73 Å². The van der Waals surface area contributed by atoms with Crippen LogP contribution in [0.15, 0.2) is 0 Å². The summed E-state index contributed by atoms with van der Waals surface area (Å²) in [5, 5.41) is 8.51. The quantitative estimate of drug-likeness (QED) is 0.727. The molecule has 0 heterocycles. The monoisotopic (exact) mass is 242 g/mol. The van der Waals surface area contributed by atoms with Crippen LogP contribution in [0, 0.1) is 0 Å². The summed E-state index contributed by atoms with van der Waals surface area (Å²) in [5.74, 6) is -0.795. The number of hydrogen-bond donors (Lipinski definition) is 2. The number of nitrogens with two attached hydrogens (primary N) is 1. The highest BCUT2D eigenvalue weighted by atomic mass is 16.4. The summed E-state index contributed by atoms with van der Waals surface area (Å²) >= 11 is 0. The number of amides is 1. The van der Waals surface area contributed by atoms with Gasteiger partial charge >= 0.3 is 5.97 Å². The summed E-state index contributed by atoms with van der Waals surface area (Å²) in [5.41, 5.74) is 5.81. The van der Waals surface area contributed by atoms with Crippen LogP contribution in [0.25, 0.3) is 0 Å². The van der Waals surface area contributed by atoms with Gasteiger partial charge in [-0.05, 0) is 19.3 Å². The maximum atomic E-state index is 11.9. The van der Waals surface area contributed by atoms with Gasteiger partial charge in [0.05, 0.1) is 0 Å². The molecular weight excluding hydrogens is 220 g/mol. The normalized spacial score (nSPS) is 18.0. The molecule has 0 unspecified atom stereocenters. The van der Waals surface area contributed by atoms with E-state index in [1.165, 1.54) is 0 Å². The summed E-state index contributed by atoms with van der Waals surface area (Å²) in [6, 6.07) is 0. The SMILES string of the molecule is CN(CCCC(=O)O)C(=O)CC1(N)CCCC1. The second-order valence-corrected chi connectivity index (χ2v) is 5.06. The second-order valence-electron chi connectivity index (χ2n) is 5.06. The van der Waals surface area contributed by atoms with E-state index in [0.29, 0.717) is 19.4 Å². The molecule has 0 spiro atoms. The molecule has 1 fully saturated rings. The smallest absolute Gasteiger partial charge is 0.303 e. The molecule has 0 saturated heterocycles. The molecule has 1 rings (SSSR count). The Morgan fingerprint density at radius 2 is 1.94 bits per heavy atom. The first kappa shape index (κ1) is 14.0. The molecule has 0 aromatic heterocycles. The van der Waals surface area contributed by atoms with Crippen molar-refractivity contribution < 1.29 is 14.7 Å². The maximum absolute atomic E-state index is 11.9. The fourth-order valence-corrected chi connectivity index (χ4v) is 2.28. The molecule has 1 amide bonds. The van der Waals surface area contributed by atoms with Crippen molar-refractivity contribution in [2.24, 2.45) is 5.73 Å². The Morgan fingerprint density at radius 3 is 2.47 bits per heavy atom. The van der Waals surface area contributed by atoms with Gasteiger partial charge in [-0.25, -0.2) is 0 Å². The molecule has 1 aliphatic carbocycles. The fourth-order valence-electron chi connectivity index (χ4n) is 2.28. The summed E-state index contributed by atoms with van der Waals surface area (Å²) in [7, 11) is 1.71. The zero-order valence-corrected chi connectivity index (χ0v) is 10.4. The first-order chi connectivity index (χ1) is 7.93. The Labute approximate surface area is 102 Å². The average molecular weight is 242 g/mol. The lowest BCUT2D eigenvalue weighted by Crippen LogP contribution is -2.42. The zero-order valence-electron chi connectivity index (χ0n) is 10.4. The number of aliphatic carboxylic acids is 1. The molecule has 0 bridgehead atoms. The molecule has 17 heavy (non-hydrogen) atoms. The minimum absolute atomic E-state index is 0.0276. The third-order valence-corrected chi connectivity index (χ3v) is 3.41. The van der Waals surface area contributed by atoms with Crippen LogP contribution in [-0.2, 0) is 9.59 Å². The Bertz CT molecular complexity index is 285. The van der Waals surface area contributed by atoms with Gasteiger partial charge in [-0.15, -0.1) is 0 Å². The van der Waals surface area contributed by atoms with E-state index in [2.05, 4.69) is 0 Å². The molecule has 3 N–H and O–H groups in total. The molecule has 0 aromatic rings. The Kier molecular flexibility index (Phi) is 4.93. The Morgan fingerprint density at radius 1 is 1.35 bits per heavy atom. The summed E-state index contributed by atoms with van der Waals surface area (Å²) in [6.07, 6.45) is 5.03. The van der Waals surface area contributed by atoms with Gasteiger partial charge in [-0.2, -0.15) is 0 Å². The first-order valence-electron chi connectivity index (χ1n) is 6.18. The highest BCUT2D eigenvalue weighted by molar-refractivity contribution is 5.77. The maximum Gasteiger partial charge on any atom is 0.303 e. The molecule has 1 saturated carbocycles. The van der Waals surface area contributed by atoms with Gasteiger partial charge in [-0.1, -0.05) is 12.8 Å². The van der Waals surface area contributed by atoms with Crippen LogP contribution in [0.4, 0.5) is 0 Å². The standard InChI is InChI=1S/C12H22N2O3/c1-14(8-4-5-11(16)17)10(15)9-12(13)6-2-3-7-12/h2-9,13H2,1H3,(H,16,17). The van der Waals surface area contributed by atoms with Crippen molar-refractivity contribution in [3.63, 3.8) is 0 Å². The molecule has 98 valence electrons. The van der Waals surface area contributed by atoms with E-state index in [4.69, 9.17) is 10.8 Å². The Hall–Kier alpha value is -1.10. The van der Waals surface area contributed by atoms with Crippen LogP contribution in [0.3, 0.4) is 0 Å². The number of nitrogens with zero attached hydrogens (tertiary/aromatic N) is 1. The third-order valence-electron chi connectivity index (χ3n) is 3.41. The van der Waals surface area contributed by atoms with Crippen LogP contribution in [0.1, 0.15) is 44.9 Å². The highest BCUT2D eigenvalue weighted by Crippen LogP contribution is 2.30. The van der Waals surface area contributed by atoms with Crippen LogP contribution in [0.2, 0.25) is 0 Å². The van der Waals surface area contributed by atoms with Gasteiger partial charge in [-0.3, -0.25) is 9.59 Å². The van der Waals surface area contributed by atoms with Gasteiger partial charge in [0.2, 0.25) is 5.91 Å². The minimum Gasteiger partial charge on any atom is -0.481 e. The fraction of sp³-hybridized carbons (Fsp3) is 0.833. The van der Waals surface area contributed by atoms with Crippen molar-refractivity contribution in [1.82, 2.24) is 4.90 Å².